The standard InChI is InChI=1S/C19H28O19/c1-33-8-3(21)6(24)18(37-11(8)14(26)27)36-10-4(22)7(25)19(38-13(10)16(30)31)35-9-2(20)5(23)17(32)34-12(9)15(28)29/h2-13,17-25,32H,1H3,(H,26,27)(H,28,29)(H,30,31)/t2?,3-,4?,5?,6?,7+,8+,9?,10-,11?,12?,13?,17?,18-,19+/m1/s1. The van der Waals surface area contributed by atoms with Gasteiger partial charge in [0.2, 0.25) is 0 Å². The molecule has 0 aromatic rings. The van der Waals surface area contributed by atoms with Crippen molar-refractivity contribution in [1.29, 1.82) is 0 Å². The highest BCUT2D eigenvalue weighted by Gasteiger charge is 2.56. The van der Waals surface area contributed by atoms with Gasteiger partial charge < -0.3 is 79.5 Å². The van der Waals surface area contributed by atoms with Crippen LogP contribution in [-0.2, 0) is 42.8 Å². The van der Waals surface area contributed by atoms with E-state index in [2.05, 4.69) is 4.74 Å². The van der Waals surface area contributed by atoms with E-state index in [0.29, 0.717) is 0 Å². The van der Waals surface area contributed by atoms with Crippen LogP contribution in [0.4, 0.5) is 0 Å². The molecule has 0 saturated carbocycles. The van der Waals surface area contributed by atoms with Gasteiger partial charge >= 0.3 is 17.9 Å². The second-order valence-electron chi connectivity index (χ2n) is 8.66. The normalized spacial score (nSPS) is 47.8. The number of carboxylic acids is 3. The topological polar surface area (TPSA) is 309 Å². The molecule has 3 saturated heterocycles. The maximum absolute atomic E-state index is 11.9. The molecule has 0 aliphatic carbocycles. The van der Waals surface area contributed by atoms with Crippen LogP contribution in [-0.4, -0.2) is 168 Å². The third-order valence-electron chi connectivity index (χ3n) is 6.24. The van der Waals surface area contributed by atoms with E-state index in [1.807, 2.05) is 0 Å². The van der Waals surface area contributed by atoms with Crippen molar-refractivity contribution in [3.05, 3.63) is 0 Å². The predicted octanol–water partition coefficient (Wildman–Crippen LogP) is -6.64. The molecule has 9 unspecified atom stereocenters. The predicted molar refractivity (Wildman–Crippen MR) is 108 cm³/mol. The summed E-state index contributed by atoms with van der Waals surface area (Å²) < 4.78 is 30.1. The molecule has 218 valence electrons. The summed E-state index contributed by atoms with van der Waals surface area (Å²) in [5, 5.41) is 99.4. The zero-order valence-corrected chi connectivity index (χ0v) is 19.3. The molecular formula is C19H28O19. The lowest BCUT2D eigenvalue weighted by Crippen LogP contribution is -2.67. The van der Waals surface area contributed by atoms with Crippen LogP contribution in [0.2, 0.25) is 0 Å². The molecule has 0 spiro atoms. The van der Waals surface area contributed by atoms with Crippen molar-refractivity contribution in [2.45, 2.75) is 92.1 Å². The number of hydrogen-bond donors (Lipinski definition) is 10. The number of aliphatic hydroxyl groups excluding tert-OH is 7. The molecule has 10 N–H and O–H groups in total. The van der Waals surface area contributed by atoms with Gasteiger partial charge in [-0.1, -0.05) is 0 Å². The van der Waals surface area contributed by atoms with Gasteiger partial charge in [0.1, 0.15) is 54.9 Å². The Hall–Kier alpha value is -2.11. The zero-order chi connectivity index (χ0) is 28.6. The SMILES string of the molecule is CO[C@@H]1C(C(=O)O)O[C@@H](O[C@H]2C(C(=O)O)O[C@H](OC3C(C(=O)O)OC(O)C(O)C3O)[C@@H](O)C2O)C(O)[C@H]1O. The Balaban J connectivity index is 1.81. The summed E-state index contributed by atoms with van der Waals surface area (Å²) in [5.41, 5.74) is 0. The number of methoxy groups -OCH3 is 1. The lowest BCUT2D eigenvalue weighted by Gasteiger charge is -2.46. The van der Waals surface area contributed by atoms with Crippen LogP contribution < -0.4 is 0 Å². The number of ether oxygens (including phenoxy) is 6. The van der Waals surface area contributed by atoms with Crippen LogP contribution in [0.15, 0.2) is 0 Å². The highest BCUT2D eigenvalue weighted by atomic mass is 16.8. The molecule has 3 rings (SSSR count). The Morgan fingerprint density at radius 3 is 1.26 bits per heavy atom. The van der Waals surface area contributed by atoms with Crippen LogP contribution in [0.25, 0.3) is 0 Å². The van der Waals surface area contributed by atoms with Gasteiger partial charge in [0.05, 0.1) is 0 Å². The van der Waals surface area contributed by atoms with E-state index in [4.69, 9.17) is 23.7 Å². The fourth-order valence-electron chi connectivity index (χ4n) is 4.22. The lowest BCUT2D eigenvalue weighted by atomic mass is 9.95. The molecule has 3 heterocycles. The summed E-state index contributed by atoms with van der Waals surface area (Å²) in [6.07, 6.45) is -31.1. The first-order valence-electron chi connectivity index (χ1n) is 11.0. The minimum Gasteiger partial charge on any atom is -0.479 e. The van der Waals surface area contributed by atoms with Crippen LogP contribution in [0, 0.1) is 0 Å². The number of aliphatic carboxylic acids is 3. The number of rotatable bonds is 8. The molecule has 0 aromatic heterocycles. The van der Waals surface area contributed by atoms with Gasteiger partial charge in [0.25, 0.3) is 0 Å². The molecule has 38 heavy (non-hydrogen) atoms. The second kappa shape index (κ2) is 12.0. The first-order valence-corrected chi connectivity index (χ1v) is 11.0. The third-order valence-corrected chi connectivity index (χ3v) is 6.24. The quantitative estimate of drug-likeness (QED) is 0.132. The Morgan fingerprint density at radius 2 is 0.868 bits per heavy atom. The molecule has 3 aliphatic heterocycles. The van der Waals surface area contributed by atoms with E-state index in [1.54, 1.807) is 0 Å². The van der Waals surface area contributed by atoms with Crippen molar-refractivity contribution < 1.29 is 93.9 Å². The van der Waals surface area contributed by atoms with E-state index >= 15 is 0 Å². The summed E-state index contributed by atoms with van der Waals surface area (Å²) in [6, 6.07) is 0. The van der Waals surface area contributed by atoms with E-state index in [1.165, 1.54) is 0 Å². The van der Waals surface area contributed by atoms with Crippen LogP contribution in [0.1, 0.15) is 0 Å². The van der Waals surface area contributed by atoms with Crippen molar-refractivity contribution in [3.63, 3.8) is 0 Å². The van der Waals surface area contributed by atoms with E-state index < -0.39 is 110 Å². The van der Waals surface area contributed by atoms with Crippen LogP contribution in [0.3, 0.4) is 0 Å². The molecule has 15 atom stereocenters. The summed E-state index contributed by atoms with van der Waals surface area (Å²) in [7, 11) is 1.03. The third kappa shape index (κ3) is 5.74. The average Bonchev–Trinajstić information content (AvgIpc) is 2.85. The summed E-state index contributed by atoms with van der Waals surface area (Å²) in [6.45, 7) is 0. The van der Waals surface area contributed by atoms with Crippen molar-refractivity contribution >= 4 is 17.9 Å². The zero-order valence-electron chi connectivity index (χ0n) is 19.3. The van der Waals surface area contributed by atoms with Gasteiger partial charge in [0, 0.05) is 7.11 Å². The van der Waals surface area contributed by atoms with Crippen LogP contribution >= 0.6 is 0 Å². The number of hydrogen-bond acceptors (Lipinski definition) is 16. The minimum absolute atomic E-state index is 1.03. The molecule has 3 aliphatic rings. The van der Waals surface area contributed by atoms with Gasteiger partial charge in [0.15, 0.2) is 37.2 Å². The molecule has 0 bridgehead atoms. The van der Waals surface area contributed by atoms with Gasteiger partial charge in [-0.3, -0.25) is 0 Å². The van der Waals surface area contributed by atoms with Crippen molar-refractivity contribution in [3.8, 4) is 0 Å². The molecule has 19 nitrogen and oxygen atoms in total. The highest BCUT2D eigenvalue weighted by Crippen LogP contribution is 2.32. The highest BCUT2D eigenvalue weighted by molar-refractivity contribution is 5.74. The monoisotopic (exact) mass is 560 g/mol. The molecular weight excluding hydrogens is 532 g/mol. The van der Waals surface area contributed by atoms with Crippen molar-refractivity contribution in [1.82, 2.24) is 0 Å². The largest absolute Gasteiger partial charge is 0.479 e. The Bertz CT molecular complexity index is 869. The van der Waals surface area contributed by atoms with E-state index in [0.717, 1.165) is 7.11 Å². The average molecular weight is 560 g/mol. The summed E-state index contributed by atoms with van der Waals surface area (Å²) >= 11 is 0. The smallest absolute Gasteiger partial charge is 0.335 e. The van der Waals surface area contributed by atoms with Crippen molar-refractivity contribution in [2.24, 2.45) is 0 Å². The molecule has 0 aromatic carbocycles. The van der Waals surface area contributed by atoms with Gasteiger partial charge in [-0.2, -0.15) is 0 Å². The Labute approximate surface area is 211 Å². The first kappa shape index (κ1) is 30.4. The van der Waals surface area contributed by atoms with E-state index in [-0.39, 0.29) is 0 Å². The second-order valence-corrected chi connectivity index (χ2v) is 8.66. The van der Waals surface area contributed by atoms with Gasteiger partial charge in [-0.15, -0.1) is 0 Å². The Kier molecular flexibility index (Phi) is 9.58. The van der Waals surface area contributed by atoms with Crippen LogP contribution in [0.5, 0.6) is 0 Å². The van der Waals surface area contributed by atoms with Gasteiger partial charge in [-0.25, -0.2) is 14.4 Å². The first-order chi connectivity index (χ1) is 17.7. The molecule has 3 fully saturated rings. The summed E-state index contributed by atoms with van der Waals surface area (Å²) in [4.78, 5) is 34.9. The number of aliphatic hydroxyl groups is 7. The maximum atomic E-state index is 11.9. The fourth-order valence-corrected chi connectivity index (χ4v) is 4.22. The molecule has 0 radical (unpaired) electrons. The van der Waals surface area contributed by atoms with Gasteiger partial charge in [-0.05, 0) is 0 Å². The number of carboxylic acid groups (broad SMARTS) is 3. The fraction of sp³-hybridized carbons (Fsp3) is 0.842. The molecule has 19 heteroatoms. The van der Waals surface area contributed by atoms with E-state index in [9.17, 15) is 65.4 Å². The van der Waals surface area contributed by atoms with Crippen molar-refractivity contribution in [2.75, 3.05) is 7.11 Å². The molecule has 0 amide bonds. The minimum atomic E-state index is -2.26. The number of carbonyl (C=O) groups is 3. The Morgan fingerprint density at radius 1 is 0.526 bits per heavy atom. The lowest BCUT2D eigenvalue weighted by molar-refractivity contribution is -0.368. The maximum Gasteiger partial charge on any atom is 0.335 e. The summed E-state index contributed by atoms with van der Waals surface area (Å²) in [5.74, 6) is -5.28.